The number of pyridine rings is 1. The van der Waals surface area contributed by atoms with Gasteiger partial charge >= 0.3 is 0 Å². The van der Waals surface area contributed by atoms with Crippen LogP contribution >= 0.6 is 0 Å². The van der Waals surface area contributed by atoms with E-state index in [0.29, 0.717) is 17.5 Å². The summed E-state index contributed by atoms with van der Waals surface area (Å²) in [5, 5.41) is 18.1. The molecule has 78 valence electrons. The van der Waals surface area contributed by atoms with Crippen LogP contribution in [0.3, 0.4) is 0 Å². The van der Waals surface area contributed by atoms with Crippen LogP contribution in [-0.4, -0.2) is 21.5 Å². The highest BCUT2D eigenvalue weighted by molar-refractivity contribution is 5.81. The zero-order chi connectivity index (χ0) is 11.1. The first-order valence-corrected chi connectivity index (χ1v) is 4.44. The van der Waals surface area contributed by atoms with Crippen molar-refractivity contribution in [3.8, 4) is 5.75 Å². The third-order valence-electron chi connectivity index (χ3n) is 1.65. The molecule has 14 heavy (non-hydrogen) atoms. The van der Waals surface area contributed by atoms with Crippen molar-refractivity contribution in [1.29, 1.82) is 0 Å². The Balaban J connectivity index is 0.000000791. The van der Waals surface area contributed by atoms with Gasteiger partial charge in [0.2, 0.25) is 0 Å². The Labute approximate surface area is 83.2 Å². The molecule has 0 aliphatic carbocycles. The number of aliphatic hydroxyl groups is 1. The Morgan fingerprint density at radius 1 is 1.50 bits per heavy atom. The number of aliphatic hydroxyl groups excluding tert-OH is 1. The minimum Gasteiger partial charge on any atom is -0.505 e. The van der Waals surface area contributed by atoms with Crippen LogP contribution in [0.5, 0.6) is 5.75 Å². The van der Waals surface area contributed by atoms with Crippen LogP contribution in [0.4, 0.5) is 0 Å². The molecule has 4 heteroatoms. The largest absolute Gasteiger partial charge is 0.505 e. The molecule has 1 heterocycles. The summed E-state index contributed by atoms with van der Waals surface area (Å²) in [6.45, 7) is 5.29. The molecule has 4 nitrogen and oxygen atoms in total. The number of aryl methyl sites for hydroxylation is 1. The van der Waals surface area contributed by atoms with E-state index in [1.54, 1.807) is 6.92 Å². The Morgan fingerprint density at radius 2 is 2.07 bits per heavy atom. The van der Waals surface area contributed by atoms with Gasteiger partial charge in [0.05, 0.1) is 17.9 Å². The van der Waals surface area contributed by atoms with E-state index in [9.17, 15) is 9.90 Å². The normalized spacial score (nSPS) is 8.86. The van der Waals surface area contributed by atoms with Gasteiger partial charge in [0.25, 0.3) is 0 Å². The molecule has 0 aliphatic rings. The zero-order valence-corrected chi connectivity index (χ0v) is 8.61. The van der Waals surface area contributed by atoms with Crippen molar-refractivity contribution >= 4 is 6.29 Å². The fraction of sp³-hybridized carbons (Fsp3) is 0.400. The average Bonchev–Trinajstić information content (AvgIpc) is 2.24. The van der Waals surface area contributed by atoms with Crippen LogP contribution < -0.4 is 0 Å². The standard InChI is InChI=1S/C8H9NO3.C2H6/c1-5-8(12)7(4-11)6(3-10)2-9-5;1-2/h2,4,10,12H,3H2,1H3;1-2H3. The molecule has 0 aromatic carbocycles. The lowest BCUT2D eigenvalue weighted by molar-refractivity contribution is 0.111. The fourth-order valence-corrected chi connectivity index (χ4v) is 0.910. The van der Waals surface area contributed by atoms with E-state index in [4.69, 9.17) is 5.11 Å². The monoisotopic (exact) mass is 197 g/mol. The lowest BCUT2D eigenvalue weighted by Crippen LogP contribution is -1.96. The van der Waals surface area contributed by atoms with Crippen molar-refractivity contribution in [2.24, 2.45) is 0 Å². The second-order valence-corrected chi connectivity index (χ2v) is 2.41. The minimum absolute atomic E-state index is 0.116. The summed E-state index contributed by atoms with van der Waals surface area (Å²) >= 11 is 0. The van der Waals surface area contributed by atoms with Gasteiger partial charge in [0, 0.05) is 11.8 Å². The van der Waals surface area contributed by atoms with Crippen LogP contribution in [0.15, 0.2) is 6.20 Å². The SMILES string of the molecule is CC.Cc1ncc(CO)c(C=O)c1O. The molecular formula is C10H15NO3. The third-order valence-corrected chi connectivity index (χ3v) is 1.65. The number of aldehydes is 1. The number of hydrogen-bond donors (Lipinski definition) is 2. The summed E-state index contributed by atoms with van der Waals surface area (Å²) in [5.74, 6) is -0.156. The number of carbonyl (C=O) groups excluding carboxylic acids is 1. The van der Waals surface area contributed by atoms with E-state index in [0.717, 1.165) is 0 Å². The molecule has 1 aromatic heterocycles. The van der Waals surface area contributed by atoms with Gasteiger partial charge in [-0.15, -0.1) is 0 Å². The Kier molecular flexibility index (Phi) is 5.48. The molecule has 1 aromatic rings. The molecular weight excluding hydrogens is 182 g/mol. The summed E-state index contributed by atoms with van der Waals surface area (Å²) < 4.78 is 0. The molecule has 0 saturated carbocycles. The summed E-state index contributed by atoms with van der Waals surface area (Å²) in [7, 11) is 0. The maximum atomic E-state index is 10.5. The first kappa shape index (κ1) is 12.6. The summed E-state index contributed by atoms with van der Waals surface area (Å²) in [4.78, 5) is 14.2. The Bertz CT molecular complexity index is 310. The van der Waals surface area contributed by atoms with E-state index >= 15 is 0 Å². The maximum Gasteiger partial charge on any atom is 0.154 e. The second-order valence-electron chi connectivity index (χ2n) is 2.41. The van der Waals surface area contributed by atoms with Crippen LogP contribution in [-0.2, 0) is 6.61 Å². The van der Waals surface area contributed by atoms with E-state index in [-0.39, 0.29) is 17.9 Å². The predicted octanol–water partition coefficient (Wildman–Crippen LogP) is 1.43. The summed E-state index contributed by atoms with van der Waals surface area (Å²) in [6.07, 6.45) is 1.88. The second kappa shape index (κ2) is 6.10. The zero-order valence-electron chi connectivity index (χ0n) is 8.61. The number of rotatable bonds is 2. The summed E-state index contributed by atoms with van der Waals surface area (Å²) in [6, 6.07) is 0. The first-order valence-electron chi connectivity index (χ1n) is 4.44. The number of aromatic nitrogens is 1. The summed E-state index contributed by atoms with van der Waals surface area (Å²) in [5.41, 5.74) is 0.840. The quantitative estimate of drug-likeness (QED) is 0.703. The Hall–Kier alpha value is -1.42. The van der Waals surface area contributed by atoms with Crippen LogP contribution in [0, 0.1) is 6.92 Å². The lowest BCUT2D eigenvalue weighted by Gasteiger charge is -2.04. The number of nitrogens with zero attached hydrogens (tertiary/aromatic N) is 1. The fourth-order valence-electron chi connectivity index (χ4n) is 0.910. The number of hydrogen-bond acceptors (Lipinski definition) is 4. The molecule has 0 amide bonds. The molecule has 2 N–H and O–H groups in total. The predicted molar refractivity (Wildman–Crippen MR) is 53.3 cm³/mol. The van der Waals surface area contributed by atoms with Gasteiger partial charge in [-0.2, -0.15) is 0 Å². The Morgan fingerprint density at radius 3 is 2.50 bits per heavy atom. The highest BCUT2D eigenvalue weighted by atomic mass is 16.3. The lowest BCUT2D eigenvalue weighted by atomic mass is 10.1. The van der Waals surface area contributed by atoms with Crippen molar-refractivity contribution in [1.82, 2.24) is 4.98 Å². The highest BCUT2D eigenvalue weighted by Gasteiger charge is 2.09. The van der Waals surface area contributed by atoms with Gasteiger partial charge in [-0.05, 0) is 6.92 Å². The van der Waals surface area contributed by atoms with Crippen molar-refractivity contribution in [2.45, 2.75) is 27.4 Å². The van der Waals surface area contributed by atoms with Gasteiger partial charge in [0.15, 0.2) is 6.29 Å². The molecule has 0 radical (unpaired) electrons. The molecule has 0 bridgehead atoms. The average molecular weight is 197 g/mol. The van der Waals surface area contributed by atoms with Crippen LogP contribution in [0.1, 0.15) is 35.5 Å². The van der Waals surface area contributed by atoms with Crippen molar-refractivity contribution in [3.05, 3.63) is 23.0 Å². The van der Waals surface area contributed by atoms with Crippen molar-refractivity contribution < 1.29 is 15.0 Å². The molecule has 0 unspecified atom stereocenters. The topological polar surface area (TPSA) is 70.4 Å². The van der Waals surface area contributed by atoms with E-state index in [1.165, 1.54) is 6.20 Å². The van der Waals surface area contributed by atoms with Gasteiger partial charge < -0.3 is 10.2 Å². The minimum atomic E-state index is -0.297. The van der Waals surface area contributed by atoms with Crippen LogP contribution in [0.2, 0.25) is 0 Å². The smallest absolute Gasteiger partial charge is 0.154 e. The van der Waals surface area contributed by atoms with Crippen LogP contribution in [0.25, 0.3) is 0 Å². The van der Waals surface area contributed by atoms with Crippen molar-refractivity contribution in [3.63, 3.8) is 0 Å². The van der Waals surface area contributed by atoms with E-state index in [2.05, 4.69) is 4.98 Å². The van der Waals surface area contributed by atoms with E-state index in [1.807, 2.05) is 13.8 Å². The number of aromatic hydroxyl groups is 1. The molecule has 0 atom stereocenters. The first-order chi connectivity index (χ1) is 6.70. The van der Waals surface area contributed by atoms with Gasteiger partial charge in [-0.25, -0.2) is 0 Å². The van der Waals surface area contributed by atoms with Gasteiger partial charge in [-0.3, -0.25) is 9.78 Å². The van der Waals surface area contributed by atoms with E-state index < -0.39 is 0 Å². The molecule has 0 spiro atoms. The van der Waals surface area contributed by atoms with Crippen molar-refractivity contribution in [2.75, 3.05) is 0 Å². The third kappa shape index (κ3) is 2.53. The number of carbonyl (C=O) groups is 1. The highest BCUT2D eigenvalue weighted by Crippen LogP contribution is 2.21. The molecule has 1 rings (SSSR count). The maximum absolute atomic E-state index is 10.5. The van der Waals surface area contributed by atoms with Gasteiger partial charge in [-0.1, -0.05) is 13.8 Å². The van der Waals surface area contributed by atoms with Gasteiger partial charge in [0.1, 0.15) is 5.75 Å². The molecule has 0 fully saturated rings. The molecule has 0 aliphatic heterocycles. The molecule has 0 saturated heterocycles.